The first kappa shape index (κ1) is 10.5. The van der Waals surface area contributed by atoms with Crippen molar-refractivity contribution in [3.63, 3.8) is 0 Å². The molecule has 0 fully saturated rings. The Labute approximate surface area is 90.9 Å². The van der Waals surface area contributed by atoms with Gasteiger partial charge in [0.25, 0.3) is 15.9 Å². The molecule has 1 aliphatic heterocycles. The van der Waals surface area contributed by atoms with Crippen molar-refractivity contribution in [2.75, 3.05) is 0 Å². The fourth-order valence-corrected chi connectivity index (χ4v) is 2.29. The minimum absolute atomic E-state index is 0. The van der Waals surface area contributed by atoms with E-state index in [1.165, 1.54) is 12.1 Å². The predicted molar refractivity (Wildman–Crippen MR) is 41.1 cm³/mol. The molecular weight excluding hydrogens is 271 g/mol. The van der Waals surface area contributed by atoms with Gasteiger partial charge in [0.15, 0.2) is 0 Å². The molecule has 0 aliphatic carbocycles. The standard InChI is InChI=1S/C7H5NO3S.Nb/c9-7-5-3-1-2-4-6(5)12(10,11)8-7;/h1-4H,(H,8,9);. The number of carbonyl (C=O) groups excluding carboxylic acids is 1. The molecule has 0 unspecified atom stereocenters. The minimum atomic E-state index is -3.55. The van der Waals surface area contributed by atoms with Gasteiger partial charge in [-0.3, -0.25) is 4.79 Å². The van der Waals surface area contributed by atoms with E-state index in [-0.39, 0.29) is 32.8 Å². The molecule has 0 bridgehead atoms. The Morgan fingerprint density at radius 3 is 2.38 bits per heavy atom. The summed E-state index contributed by atoms with van der Waals surface area (Å²) in [5, 5.41) is 0. The molecule has 1 aliphatic rings. The molecular formula is C7H5NNbO3S. The molecule has 1 aromatic carbocycles. The van der Waals surface area contributed by atoms with Crippen molar-refractivity contribution in [1.82, 2.24) is 4.72 Å². The third-order valence-corrected chi connectivity index (χ3v) is 3.04. The van der Waals surface area contributed by atoms with E-state index in [9.17, 15) is 13.2 Å². The van der Waals surface area contributed by atoms with E-state index in [1.54, 1.807) is 12.1 Å². The normalized spacial score (nSPS) is 17.1. The first-order valence-corrected chi connectivity index (χ1v) is 4.76. The van der Waals surface area contributed by atoms with Crippen LogP contribution in [0.15, 0.2) is 29.2 Å². The van der Waals surface area contributed by atoms with Gasteiger partial charge in [-0.25, -0.2) is 13.1 Å². The van der Waals surface area contributed by atoms with Gasteiger partial charge in [0, 0.05) is 22.4 Å². The maximum Gasteiger partial charge on any atom is 0.266 e. The number of carbonyl (C=O) groups is 1. The number of sulfonamides is 1. The molecule has 0 aromatic heterocycles. The summed E-state index contributed by atoms with van der Waals surface area (Å²) in [5.74, 6) is -0.550. The van der Waals surface area contributed by atoms with Gasteiger partial charge in [-0.15, -0.1) is 0 Å². The molecule has 0 saturated heterocycles. The molecule has 1 N–H and O–H groups in total. The van der Waals surface area contributed by atoms with Crippen LogP contribution in [-0.2, 0) is 32.4 Å². The Morgan fingerprint density at radius 2 is 1.77 bits per heavy atom. The van der Waals surface area contributed by atoms with Crippen molar-refractivity contribution in [3.8, 4) is 0 Å². The number of benzene rings is 1. The summed E-state index contributed by atoms with van der Waals surface area (Å²) < 4.78 is 24.2. The fourth-order valence-electron chi connectivity index (χ4n) is 1.12. The van der Waals surface area contributed by atoms with Crippen LogP contribution < -0.4 is 4.72 Å². The molecule has 13 heavy (non-hydrogen) atoms. The van der Waals surface area contributed by atoms with Crippen molar-refractivity contribution in [2.24, 2.45) is 0 Å². The van der Waals surface area contributed by atoms with E-state index in [0.717, 1.165) is 0 Å². The first-order chi connectivity index (χ1) is 5.61. The zero-order valence-electron chi connectivity index (χ0n) is 6.39. The molecule has 67 valence electrons. The molecule has 1 amide bonds. The summed E-state index contributed by atoms with van der Waals surface area (Å²) in [7, 11) is -3.55. The molecule has 1 radical (unpaired) electrons. The van der Waals surface area contributed by atoms with Crippen LogP contribution in [0, 0.1) is 0 Å². The Kier molecular flexibility index (Phi) is 2.63. The van der Waals surface area contributed by atoms with Crippen molar-refractivity contribution in [3.05, 3.63) is 29.8 Å². The van der Waals surface area contributed by atoms with E-state index in [4.69, 9.17) is 0 Å². The summed E-state index contributed by atoms with van der Waals surface area (Å²) in [5.41, 5.74) is 0.220. The molecule has 2 rings (SSSR count). The largest absolute Gasteiger partial charge is 0.268 e. The maximum atomic E-state index is 11.1. The number of nitrogens with one attached hydrogen (secondary N) is 1. The van der Waals surface area contributed by atoms with Gasteiger partial charge in [0.2, 0.25) is 0 Å². The number of amides is 1. The monoisotopic (exact) mass is 276 g/mol. The second-order valence-electron chi connectivity index (χ2n) is 2.43. The van der Waals surface area contributed by atoms with Crippen LogP contribution >= 0.6 is 0 Å². The van der Waals surface area contributed by atoms with Crippen molar-refractivity contribution in [2.45, 2.75) is 4.90 Å². The van der Waals surface area contributed by atoms with Crippen LogP contribution in [0.4, 0.5) is 0 Å². The van der Waals surface area contributed by atoms with E-state index in [1.807, 2.05) is 4.72 Å². The predicted octanol–water partition coefficient (Wildman–Crippen LogP) is 0.116. The van der Waals surface area contributed by atoms with Crippen molar-refractivity contribution < 1.29 is 35.6 Å². The van der Waals surface area contributed by atoms with Gasteiger partial charge in [-0.05, 0) is 12.1 Å². The third kappa shape index (κ3) is 1.55. The van der Waals surface area contributed by atoms with Gasteiger partial charge < -0.3 is 0 Å². The summed E-state index contributed by atoms with van der Waals surface area (Å²) in [4.78, 5) is 11.1. The Balaban J connectivity index is 0.000000845. The molecule has 0 atom stereocenters. The van der Waals surface area contributed by atoms with Crippen molar-refractivity contribution >= 4 is 15.9 Å². The SMILES string of the molecule is O=C1NS(=O)(=O)c2ccccc21.[Nb]. The number of rotatable bonds is 0. The van der Waals surface area contributed by atoms with E-state index < -0.39 is 15.9 Å². The number of hydrogen-bond donors (Lipinski definition) is 1. The number of fused-ring (bicyclic) bond motifs is 1. The molecule has 4 nitrogen and oxygen atoms in total. The van der Waals surface area contributed by atoms with Gasteiger partial charge in [0.1, 0.15) is 4.90 Å². The molecule has 0 saturated carbocycles. The average Bonchev–Trinajstić information content (AvgIpc) is 2.25. The van der Waals surface area contributed by atoms with Crippen LogP contribution in [0.25, 0.3) is 0 Å². The van der Waals surface area contributed by atoms with Crippen molar-refractivity contribution in [1.29, 1.82) is 0 Å². The van der Waals surface area contributed by atoms with Crippen LogP contribution in [0.2, 0.25) is 0 Å². The zero-order chi connectivity index (χ0) is 8.77. The summed E-state index contributed by atoms with van der Waals surface area (Å²) in [6, 6.07) is 6.09. The van der Waals surface area contributed by atoms with Crippen LogP contribution in [0.1, 0.15) is 10.4 Å². The smallest absolute Gasteiger partial charge is 0.266 e. The van der Waals surface area contributed by atoms with Crippen LogP contribution in [-0.4, -0.2) is 14.3 Å². The zero-order valence-corrected chi connectivity index (χ0v) is 9.40. The summed E-state index contributed by atoms with van der Waals surface area (Å²) in [6.07, 6.45) is 0. The Morgan fingerprint density at radius 1 is 1.15 bits per heavy atom. The summed E-state index contributed by atoms with van der Waals surface area (Å²) >= 11 is 0. The second-order valence-corrected chi connectivity index (χ2v) is 4.08. The van der Waals surface area contributed by atoms with E-state index in [0.29, 0.717) is 0 Å². The molecule has 1 aromatic rings. The van der Waals surface area contributed by atoms with Gasteiger partial charge >= 0.3 is 0 Å². The Bertz CT molecular complexity index is 455. The topological polar surface area (TPSA) is 63.2 Å². The Hall–Kier alpha value is -0.620. The second kappa shape index (κ2) is 3.26. The van der Waals surface area contributed by atoms with Gasteiger partial charge in [0.05, 0.1) is 5.56 Å². The van der Waals surface area contributed by atoms with Gasteiger partial charge in [-0.2, -0.15) is 0 Å². The summed E-state index contributed by atoms with van der Waals surface area (Å²) in [6.45, 7) is 0. The van der Waals surface area contributed by atoms with E-state index >= 15 is 0 Å². The molecule has 1 heterocycles. The van der Waals surface area contributed by atoms with Gasteiger partial charge in [-0.1, -0.05) is 12.1 Å². The minimum Gasteiger partial charge on any atom is -0.268 e. The maximum absolute atomic E-state index is 11.1. The average molecular weight is 276 g/mol. The first-order valence-electron chi connectivity index (χ1n) is 3.27. The fraction of sp³-hybridized carbons (Fsp3) is 0. The third-order valence-electron chi connectivity index (χ3n) is 1.65. The molecule has 0 spiro atoms. The van der Waals surface area contributed by atoms with Crippen LogP contribution in [0.5, 0.6) is 0 Å². The van der Waals surface area contributed by atoms with E-state index in [2.05, 4.69) is 0 Å². The quantitative estimate of drug-likeness (QED) is 0.684. The molecule has 6 heteroatoms. The van der Waals surface area contributed by atoms with Crippen LogP contribution in [0.3, 0.4) is 0 Å². The number of hydrogen-bond acceptors (Lipinski definition) is 3.